The molecule has 8 rings (SSSR count). The van der Waals surface area contributed by atoms with Crippen molar-refractivity contribution in [1.82, 2.24) is 29.9 Å². The smallest absolute Gasteiger partial charge is 0.155 e. The lowest BCUT2D eigenvalue weighted by molar-refractivity contribution is 0.305. The van der Waals surface area contributed by atoms with Gasteiger partial charge in [-0.1, -0.05) is 38.1 Å². The van der Waals surface area contributed by atoms with Gasteiger partial charge in [0.05, 0.1) is 11.0 Å². The Labute approximate surface area is 218 Å². The van der Waals surface area contributed by atoms with Gasteiger partial charge >= 0.3 is 0 Å². The number of ether oxygens (including phenoxy) is 1. The Morgan fingerprint density at radius 2 is 1.66 bits per heavy atom. The van der Waals surface area contributed by atoms with Gasteiger partial charge in [0.15, 0.2) is 5.75 Å². The summed E-state index contributed by atoms with van der Waals surface area (Å²) in [5.74, 6) is 3.05. The van der Waals surface area contributed by atoms with Crippen LogP contribution in [-0.4, -0.2) is 29.9 Å². The summed E-state index contributed by atoms with van der Waals surface area (Å²) in [6, 6.07) is 17.5. The van der Waals surface area contributed by atoms with Gasteiger partial charge in [-0.2, -0.15) is 0 Å². The van der Waals surface area contributed by atoms with Gasteiger partial charge in [0.1, 0.15) is 41.1 Å². The fraction of sp³-hybridized carbons (Fsp3) is 0.161. The molecule has 3 aromatic heterocycles. The maximum absolute atomic E-state index is 6.32. The molecule has 38 heavy (non-hydrogen) atoms. The molecule has 0 saturated heterocycles. The van der Waals surface area contributed by atoms with E-state index in [9.17, 15) is 0 Å². The van der Waals surface area contributed by atoms with E-state index in [0.29, 0.717) is 12.5 Å². The molecule has 0 unspecified atom stereocenters. The molecule has 7 heteroatoms. The number of hydrogen-bond donors (Lipinski definition) is 2. The highest BCUT2D eigenvalue weighted by Crippen LogP contribution is 2.43. The van der Waals surface area contributed by atoms with Gasteiger partial charge in [0.25, 0.3) is 0 Å². The molecule has 0 radical (unpaired) electrons. The van der Waals surface area contributed by atoms with E-state index in [0.717, 1.165) is 77.8 Å². The van der Waals surface area contributed by atoms with Crippen molar-refractivity contribution in [1.29, 1.82) is 0 Å². The second-order valence-corrected chi connectivity index (χ2v) is 10.4. The Balaban J connectivity index is 1.28. The summed E-state index contributed by atoms with van der Waals surface area (Å²) in [5.41, 5.74) is 10.4. The third-order valence-corrected chi connectivity index (χ3v) is 7.61. The maximum Gasteiger partial charge on any atom is 0.155 e. The van der Waals surface area contributed by atoms with Crippen molar-refractivity contribution >= 4 is 43.7 Å². The van der Waals surface area contributed by atoms with Gasteiger partial charge in [-0.3, -0.25) is 0 Å². The molecule has 2 N–H and O–H groups in total. The molecular weight excluding hydrogens is 472 g/mol. The van der Waals surface area contributed by atoms with E-state index in [-0.39, 0.29) is 0 Å². The zero-order chi connectivity index (χ0) is 25.5. The van der Waals surface area contributed by atoms with Gasteiger partial charge in [-0.25, -0.2) is 19.9 Å². The summed E-state index contributed by atoms with van der Waals surface area (Å²) in [5, 5.41) is 3.23. The molecule has 0 aliphatic carbocycles. The predicted molar refractivity (Wildman–Crippen MR) is 150 cm³/mol. The number of imidazole rings is 2. The van der Waals surface area contributed by atoms with E-state index >= 15 is 0 Å². The molecular formula is C31H24N6O. The number of nitrogens with one attached hydrogen (secondary N) is 2. The molecule has 0 saturated carbocycles. The molecule has 4 aromatic carbocycles. The van der Waals surface area contributed by atoms with Crippen LogP contribution < -0.4 is 4.74 Å². The van der Waals surface area contributed by atoms with Crippen LogP contribution in [0.2, 0.25) is 0 Å². The maximum atomic E-state index is 6.32. The number of hydrogen-bond acceptors (Lipinski definition) is 5. The zero-order valence-corrected chi connectivity index (χ0v) is 21.3. The first-order valence-corrected chi connectivity index (χ1v) is 12.9. The largest absolute Gasteiger partial charge is 0.486 e. The number of nitrogens with zero attached hydrogens (tertiary/aromatic N) is 4. The van der Waals surface area contributed by atoms with Gasteiger partial charge in [-0.15, -0.1) is 0 Å². The highest BCUT2D eigenvalue weighted by atomic mass is 16.5. The third-order valence-electron chi connectivity index (χ3n) is 7.61. The molecule has 0 atom stereocenters. The van der Waals surface area contributed by atoms with E-state index in [1.165, 1.54) is 11.1 Å². The number of aromatic nitrogens is 6. The first kappa shape index (κ1) is 21.3. The number of aromatic amines is 2. The lowest BCUT2D eigenvalue weighted by Crippen LogP contribution is -2.06. The van der Waals surface area contributed by atoms with Crippen LogP contribution in [0.5, 0.6) is 5.75 Å². The molecule has 184 valence electrons. The molecule has 4 heterocycles. The number of rotatable bonds is 2. The fourth-order valence-electron chi connectivity index (χ4n) is 5.74. The standard InChI is InChI=1S/C31H24N6O/c1-15(2)31-36-25-9-8-22-20-6-4-17(10-19(20)13-38-30(22)28(25)37-31)18-5-7-21-23(11-18)24-12-32-14-33-26(24)29-27(21)34-16(3)35-29/h4-12,14-15H,13H2,1-3H3,(H,34,35)(H,36,37). The Hall–Kier alpha value is -4.78. The lowest BCUT2D eigenvalue weighted by Gasteiger charge is -2.22. The van der Waals surface area contributed by atoms with Crippen LogP contribution >= 0.6 is 0 Å². The topological polar surface area (TPSA) is 92.4 Å². The minimum absolute atomic E-state index is 0.329. The first-order chi connectivity index (χ1) is 18.5. The van der Waals surface area contributed by atoms with Crippen LogP contribution in [-0.2, 0) is 6.61 Å². The molecule has 0 spiro atoms. The van der Waals surface area contributed by atoms with Gasteiger partial charge in [0.2, 0.25) is 0 Å². The summed E-state index contributed by atoms with van der Waals surface area (Å²) in [6.07, 6.45) is 3.47. The minimum Gasteiger partial charge on any atom is -0.486 e. The molecule has 1 aliphatic heterocycles. The fourth-order valence-corrected chi connectivity index (χ4v) is 5.74. The van der Waals surface area contributed by atoms with Crippen molar-refractivity contribution in [2.24, 2.45) is 0 Å². The van der Waals surface area contributed by atoms with Gasteiger partial charge in [-0.05, 0) is 58.8 Å². The van der Waals surface area contributed by atoms with Crippen LogP contribution in [0.4, 0.5) is 0 Å². The number of fused-ring (bicyclic) bond motifs is 11. The van der Waals surface area contributed by atoms with Crippen LogP contribution in [0.1, 0.15) is 37.0 Å². The van der Waals surface area contributed by atoms with Crippen LogP contribution in [0.3, 0.4) is 0 Å². The molecule has 0 fully saturated rings. The summed E-state index contributed by atoms with van der Waals surface area (Å²) in [4.78, 5) is 25.3. The van der Waals surface area contributed by atoms with Crippen molar-refractivity contribution < 1.29 is 4.74 Å². The SMILES string of the molecule is Cc1nc2c3ncncc3c3cc(-c4ccc5c(c4)COc4c-5ccc5[nH]c(C(C)C)nc45)ccc3c2[nH]1. The predicted octanol–water partition coefficient (Wildman–Crippen LogP) is 7.19. The molecule has 7 nitrogen and oxygen atoms in total. The van der Waals surface area contributed by atoms with Crippen molar-refractivity contribution in [2.45, 2.75) is 33.3 Å². The minimum atomic E-state index is 0.329. The van der Waals surface area contributed by atoms with E-state index in [4.69, 9.17) is 14.7 Å². The quantitative estimate of drug-likeness (QED) is 0.247. The van der Waals surface area contributed by atoms with E-state index in [1.807, 2.05) is 13.1 Å². The van der Waals surface area contributed by atoms with Crippen molar-refractivity contribution in [2.75, 3.05) is 0 Å². The van der Waals surface area contributed by atoms with Crippen LogP contribution in [0, 0.1) is 6.92 Å². The summed E-state index contributed by atoms with van der Waals surface area (Å²) in [7, 11) is 0. The summed E-state index contributed by atoms with van der Waals surface area (Å²) < 4.78 is 6.32. The summed E-state index contributed by atoms with van der Waals surface area (Å²) in [6.45, 7) is 6.77. The normalized spacial score (nSPS) is 12.9. The van der Waals surface area contributed by atoms with Crippen molar-refractivity contribution in [3.8, 4) is 28.0 Å². The Morgan fingerprint density at radius 1 is 0.816 bits per heavy atom. The number of H-pyrrole nitrogens is 2. The zero-order valence-electron chi connectivity index (χ0n) is 21.3. The van der Waals surface area contributed by atoms with Crippen LogP contribution in [0.15, 0.2) is 61.1 Å². The van der Waals surface area contributed by atoms with E-state index in [2.05, 4.69) is 82.3 Å². The second-order valence-electron chi connectivity index (χ2n) is 10.4. The second kappa shape index (κ2) is 7.61. The first-order valence-electron chi connectivity index (χ1n) is 12.9. The summed E-state index contributed by atoms with van der Waals surface area (Å²) >= 11 is 0. The average molecular weight is 497 g/mol. The van der Waals surface area contributed by atoms with E-state index < -0.39 is 0 Å². The van der Waals surface area contributed by atoms with Gasteiger partial charge in [0, 0.05) is 28.5 Å². The Kier molecular flexibility index (Phi) is 4.27. The third kappa shape index (κ3) is 2.96. The molecule has 7 aromatic rings. The van der Waals surface area contributed by atoms with Crippen LogP contribution in [0.25, 0.3) is 66.0 Å². The Morgan fingerprint density at radius 3 is 2.55 bits per heavy atom. The average Bonchev–Trinajstić information content (AvgIpc) is 3.56. The highest BCUT2D eigenvalue weighted by molar-refractivity contribution is 6.22. The Bertz CT molecular complexity index is 2080. The monoisotopic (exact) mass is 496 g/mol. The van der Waals surface area contributed by atoms with Crippen molar-refractivity contribution in [3.63, 3.8) is 0 Å². The van der Waals surface area contributed by atoms with E-state index in [1.54, 1.807) is 6.33 Å². The molecule has 1 aliphatic rings. The number of aryl methyl sites for hydroxylation is 1. The molecule has 0 bridgehead atoms. The molecule has 0 amide bonds. The lowest BCUT2D eigenvalue weighted by atomic mass is 9.92. The van der Waals surface area contributed by atoms with Crippen molar-refractivity contribution in [3.05, 3.63) is 78.3 Å². The van der Waals surface area contributed by atoms with Gasteiger partial charge < -0.3 is 14.7 Å². The number of benzene rings is 4. The highest BCUT2D eigenvalue weighted by Gasteiger charge is 2.23.